The number of rotatable bonds is 5. The normalized spacial score (nSPS) is 24.1. The first-order valence-corrected chi connectivity index (χ1v) is 6.32. The lowest BCUT2D eigenvalue weighted by molar-refractivity contribution is 0.0753. The maximum Gasteiger partial charge on any atom is 0.123 e. The van der Waals surface area contributed by atoms with Crippen LogP contribution in [0.2, 0.25) is 0 Å². The van der Waals surface area contributed by atoms with Gasteiger partial charge in [-0.05, 0) is 48.9 Å². The van der Waals surface area contributed by atoms with E-state index in [0.717, 1.165) is 18.7 Å². The molecule has 1 aromatic rings. The van der Waals surface area contributed by atoms with Gasteiger partial charge in [0.2, 0.25) is 0 Å². The van der Waals surface area contributed by atoms with E-state index in [2.05, 4.69) is 0 Å². The molecule has 0 heterocycles. The molecule has 0 aromatic heterocycles. The monoisotopic (exact) mass is 237 g/mol. The molecule has 0 bridgehead atoms. The van der Waals surface area contributed by atoms with Crippen LogP contribution in [0.4, 0.5) is 4.39 Å². The van der Waals surface area contributed by atoms with Gasteiger partial charge in [0, 0.05) is 0 Å². The Morgan fingerprint density at radius 2 is 1.88 bits per heavy atom. The molecule has 3 heteroatoms. The third-order valence-electron chi connectivity index (χ3n) is 3.63. The van der Waals surface area contributed by atoms with Crippen LogP contribution in [0.25, 0.3) is 0 Å². The molecule has 0 spiro atoms. The lowest BCUT2D eigenvalue weighted by Crippen LogP contribution is -2.22. The van der Waals surface area contributed by atoms with E-state index >= 15 is 0 Å². The molecule has 2 nitrogen and oxygen atoms in total. The minimum atomic E-state index is -0.201. The molecule has 0 amide bonds. The van der Waals surface area contributed by atoms with Gasteiger partial charge in [-0.3, -0.25) is 0 Å². The van der Waals surface area contributed by atoms with E-state index < -0.39 is 0 Å². The predicted molar refractivity (Wildman–Crippen MR) is 65.9 cm³/mol. The van der Waals surface area contributed by atoms with Crippen LogP contribution in [0, 0.1) is 17.7 Å². The van der Waals surface area contributed by atoms with Gasteiger partial charge < -0.3 is 10.5 Å². The van der Waals surface area contributed by atoms with E-state index in [1.54, 1.807) is 12.1 Å². The zero-order chi connectivity index (χ0) is 12.1. The van der Waals surface area contributed by atoms with Gasteiger partial charge in [-0.15, -0.1) is 0 Å². The molecule has 1 aliphatic carbocycles. The molecule has 2 rings (SSSR count). The number of benzene rings is 1. The Balaban J connectivity index is 1.74. The van der Waals surface area contributed by atoms with Crippen LogP contribution in [0.5, 0.6) is 0 Å². The molecular weight excluding hydrogens is 217 g/mol. The van der Waals surface area contributed by atoms with Crippen LogP contribution in [-0.2, 0) is 11.3 Å². The highest BCUT2D eigenvalue weighted by atomic mass is 19.1. The summed E-state index contributed by atoms with van der Waals surface area (Å²) in [4.78, 5) is 0. The third kappa shape index (κ3) is 3.51. The van der Waals surface area contributed by atoms with Gasteiger partial charge in [-0.2, -0.15) is 0 Å². The molecule has 1 aromatic carbocycles. The quantitative estimate of drug-likeness (QED) is 0.854. The minimum Gasteiger partial charge on any atom is -0.376 e. The molecule has 94 valence electrons. The standard InChI is InChI=1S/C14H20FNO/c15-14-6-4-11(5-7-14)9-17-10-13-3-1-2-12(13)8-16/h4-7,12-13H,1-3,8-10,16H2. The summed E-state index contributed by atoms with van der Waals surface area (Å²) in [5.41, 5.74) is 6.75. The smallest absolute Gasteiger partial charge is 0.123 e. The van der Waals surface area contributed by atoms with E-state index in [0.29, 0.717) is 18.4 Å². The van der Waals surface area contributed by atoms with Crippen molar-refractivity contribution in [1.29, 1.82) is 0 Å². The zero-order valence-corrected chi connectivity index (χ0v) is 10.1. The lowest BCUT2D eigenvalue weighted by Gasteiger charge is -2.17. The minimum absolute atomic E-state index is 0.201. The van der Waals surface area contributed by atoms with E-state index in [9.17, 15) is 4.39 Å². The van der Waals surface area contributed by atoms with Crippen molar-refractivity contribution in [3.05, 3.63) is 35.6 Å². The molecule has 17 heavy (non-hydrogen) atoms. The van der Waals surface area contributed by atoms with Gasteiger partial charge in [0.1, 0.15) is 5.82 Å². The average molecular weight is 237 g/mol. The van der Waals surface area contributed by atoms with Gasteiger partial charge in [-0.25, -0.2) is 4.39 Å². The highest BCUT2D eigenvalue weighted by Gasteiger charge is 2.25. The van der Waals surface area contributed by atoms with Crippen LogP contribution in [0.3, 0.4) is 0 Å². The summed E-state index contributed by atoms with van der Waals surface area (Å²) in [6, 6.07) is 6.47. The first-order valence-electron chi connectivity index (χ1n) is 6.32. The fraction of sp³-hybridized carbons (Fsp3) is 0.571. The van der Waals surface area contributed by atoms with Crippen molar-refractivity contribution in [2.45, 2.75) is 25.9 Å². The number of halogens is 1. The Kier molecular flexibility index (Phi) is 4.51. The van der Waals surface area contributed by atoms with Crippen molar-refractivity contribution in [3.8, 4) is 0 Å². The summed E-state index contributed by atoms with van der Waals surface area (Å²) >= 11 is 0. The fourth-order valence-corrected chi connectivity index (χ4v) is 2.55. The Morgan fingerprint density at radius 1 is 1.18 bits per heavy atom. The Bertz CT molecular complexity index is 339. The van der Waals surface area contributed by atoms with Gasteiger partial charge in [0.25, 0.3) is 0 Å². The molecule has 1 fully saturated rings. The lowest BCUT2D eigenvalue weighted by atomic mass is 9.97. The highest BCUT2D eigenvalue weighted by Crippen LogP contribution is 2.31. The van der Waals surface area contributed by atoms with Crippen LogP contribution in [0.15, 0.2) is 24.3 Å². The van der Waals surface area contributed by atoms with Crippen molar-refractivity contribution in [1.82, 2.24) is 0 Å². The van der Waals surface area contributed by atoms with Crippen molar-refractivity contribution < 1.29 is 9.13 Å². The number of hydrogen-bond donors (Lipinski definition) is 1. The molecule has 0 radical (unpaired) electrons. The predicted octanol–water partition coefficient (Wildman–Crippen LogP) is 2.72. The van der Waals surface area contributed by atoms with Gasteiger partial charge in [-0.1, -0.05) is 18.6 Å². The number of hydrogen-bond acceptors (Lipinski definition) is 2. The van der Waals surface area contributed by atoms with Gasteiger partial charge in [0.05, 0.1) is 13.2 Å². The van der Waals surface area contributed by atoms with Crippen LogP contribution in [0.1, 0.15) is 24.8 Å². The summed E-state index contributed by atoms with van der Waals surface area (Å²) in [6.07, 6.45) is 3.73. The molecule has 1 aliphatic rings. The van der Waals surface area contributed by atoms with Crippen LogP contribution >= 0.6 is 0 Å². The third-order valence-corrected chi connectivity index (χ3v) is 3.63. The van der Waals surface area contributed by atoms with Crippen molar-refractivity contribution in [2.24, 2.45) is 17.6 Å². The van der Waals surface area contributed by atoms with Gasteiger partial charge in [0.15, 0.2) is 0 Å². The SMILES string of the molecule is NCC1CCCC1COCc1ccc(F)cc1. The second-order valence-corrected chi connectivity index (χ2v) is 4.83. The second-order valence-electron chi connectivity index (χ2n) is 4.83. The van der Waals surface area contributed by atoms with Crippen molar-refractivity contribution in [3.63, 3.8) is 0 Å². The maximum absolute atomic E-state index is 12.7. The zero-order valence-electron chi connectivity index (χ0n) is 10.1. The molecule has 2 N–H and O–H groups in total. The molecule has 2 unspecified atom stereocenters. The summed E-state index contributed by atoms with van der Waals surface area (Å²) < 4.78 is 18.4. The van der Waals surface area contributed by atoms with E-state index in [1.165, 1.54) is 31.4 Å². The Morgan fingerprint density at radius 3 is 2.59 bits per heavy atom. The molecule has 0 aliphatic heterocycles. The fourth-order valence-electron chi connectivity index (χ4n) is 2.55. The maximum atomic E-state index is 12.7. The van der Waals surface area contributed by atoms with E-state index in [1.807, 2.05) is 0 Å². The Labute approximate surface area is 102 Å². The van der Waals surface area contributed by atoms with E-state index in [4.69, 9.17) is 10.5 Å². The number of ether oxygens (including phenoxy) is 1. The van der Waals surface area contributed by atoms with Crippen molar-refractivity contribution in [2.75, 3.05) is 13.2 Å². The summed E-state index contributed by atoms with van der Waals surface area (Å²) in [6.45, 7) is 2.11. The van der Waals surface area contributed by atoms with Crippen LogP contribution in [-0.4, -0.2) is 13.2 Å². The average Bonchev–Trinajstić information content (AvgIpc) is 2.79. The Hall–Kier alpha value is -0.930. The molecule has 0 saturated heterocycles. The largest absolute Gasteiger partial charge is 0.376 e. The highest BCUT2D eigenvalue weighted by molar-refractivity contribution is 5.14. The first-order chi connectivity index (χ1) is 8.29. The topological polar surface area (TPSA) is 35.2 Å². The molecule has 1 saturated carbocycles. The van der Waals surface area contributed by atoms with Gasteiger partial charge >= 0.3 is 0 Å². The van der Waals surface area contributed by atoms with Crippen LogP contribution < -0.4 is 5.73 Å². The molecule has 2 atom stereocenters. The first kappa shape index (κ1) is 12.5. The summed E-state index contributed by atoms with van der Waals surface area (Å²) in [7, 11) is 0. The van der Waals surface area contributed by atoms with E-state index in [-0.39, 0.29) is 5.82 Å². The molecular formula is C14H20FNO. The van der Waals surface area contributed by atoms with Crippen molar-refractivity contribution >= 4 is 0 Å². The summed E-state index contributed by atoms with van der Waals surface area (Å²) in [5, 5.41) is 0. The second kappa shape index (κ2) is 6.12. The summed E-state index contributed by atoms with van der Waals surface area (Å²) in [5.74, 6) is 1.04. The number of nitrogens with two attached hydrogens (primary N) is 1.